The maximum atomic E-state index is 7.98. The van der Waals surface area contributed by atoms with Crippen LogP contribution in [-0.2, 0) is 27.0 Å². The molecule has 0 aliphatic carbocycles. The van der Waals surface area contributed by atoms with E-state index in [0.717, 1.165) is 50.8 Å². The quantitative estimate of drug-likeness (QED) is 0.0266. The third kappa shape index (κ3) is 15.3. The second kappa shape index (κ2) is 30.2. The molecule has 0 N–H and O–H groups in total. The predicted octanol–water partition coefficient (Wildman–Crippen LogP) is 14.6. The Bertz CT molecular complexity index is 2360. The standard InChI is InChI=1S/2C26H23P2.C12H28O3P.Fe/c2*1-5-13-23(14-6-1)27(24-15-7-2-8-16-24)21-22-28(25-17-9-3-10-18-25)26-19-11-4-12-20-26;1-4-7-10-13-16(14-11-8-5-2)15-12-9-6-3;/h2*1-21H,22H2;16H,4-12H2,1-3H3;/q;;+1;-1. The molecule has 9 heteroatoms. The Morgan fingerprint density at radius 1 is 0.315 bits per heavy atom. The fourth-order valence-corrected chi connectivity index (χ4v) is 42.5. The van der Waals surface area contributed by atoms with Crippen LogP contribution >= 0.6 is 38.3 Å². The number of benzene rings is 8. The molecule has 0 saturated carbocycles. The molecule has 0 heterocycles. The first-order valence-corrected chi connectivity index (χ1v) is 36.6. The summed E-state index contributed by atoms with van der Waals surface area (Å²) >= 11 is -1.66. The van der Waals surface area contributed by atoms with E-state index in [2.05, 4.69) is 263 Å². The summed E-state index contributed by atoms with van der Waals surface area (Å²) in [5.74, 6) is 0. The van der Waals surface area contributed by atoms with Crippen molar-refractivity contribution in [1.29, 1.82) is 0 Å². The van der Waals surface area contributed by atoms with Crippen molar-refractivity contribution in [2.75, 3.05) is 32.1 Å². The SMILES string of the molecule is CCCCO[PH](OCCCC)(OCCCC)[Fe]([CH](CP(c1ccccc1)c1ccccc1)P(c1ccccc1)c1ccccc1)[CH](CP(c1ccccc1)c1ccccc1)P(c1ccccc1)c1ccccc1. The number of hydrogen-bond acceptors (Lipinski definition) is 3. The summed E-state index contributed by atoms with van der Waals surface area (Å²) in [5, 5.41) is 11.2. The molecule has 381 valence electrons. The molecule has 8 rings (SSSR count). The van der Waals surface area contributed by atoms with E-state index < -0.39 is 51.8 Å². The van der Waals surface area contributed by atoms with E-state index >= 15 is 0 Å². The van der Waals surface area contributed by atoms with Gasteiger partial charge in [0, 0.05) is 0 Å². The monoisotopic (exact) mass is 1100 g/mol. The molecular weight excluding hydrogens is 1030 g/mol. The van der Waals surface area contributed by atoms with Crippen molar-refractivity contribution >= 4 is 80.8 Å². The molecule has 0 aliphatic rings. The molecule has 0 fully saturated rings. The molecule has 2 unspecified atom stereocenters. The van der Waals surface area contributed by atoms with Crippen molar-refractivity contribution in [3.8, 4) is 0 Å². The van der Waals surface area contributed by atoms with E-state index in [0.29, 0.717) is 19.8 Å². The first-order chi connectivity index (χ1) is 36.1. The van der Waals surface area contributed by atoms with E-state index in [1.54, 1.807) is 0 Å². The van der Waals surface area contributed by atoms with Crippen molar-refractivity contribution in [3.63, 3.8) is 0 Å². The number of unbranched alkanes of at least 4 members (excludes halogenated alkanes) is 3. The van der Waals surface area contributed by atoms with E-state index in [4.69, 9.17) is 13.6 Å². The zero-order valence-corrected chi connectivity index (χ0v) is 48.6. The molecule has 2 atom stereocenters. The zero-order valence-electron chi connectivity index (χ0n) is 42.9. The molecule has 3 nitrogen and oxygen atoms in total. The molecule has 0 aliphatic heterocycles. The van der Waals surface area contributed by atoms with Gasteiger partial charge in [0.25, 0.3) is 0 Å². The Labute approximate surface area is 448 Å². The average Bonchev–Trinajstić information content (AvgIpc) is 3.46. The second-order valence-corrected chi connectivity index (χ2v) is 36.2. The van der Waals surface area contributed by atoms with Crippen molar-refractivity contribution in [3.05, 3.63) is 243 Å². The van der Waals surface area contributed by atoms with Gasteiger partial charge >= 0.3 is 451 Å². The van der Waals surface area contributed by atoms with Gasteiger partial charge in [0.15, 0.2) is 0 Å². The summed E-state index contributed by atoms with van der Waals surface area (Å²) in [4.78, 5) is 0. The van der Waals surface area contributed by atoms with Crippen LogP contribution < -0.4 is 42.4 Å². The van der Waals surface area contributed by atoms with Gasteiger partial charge in [-0.1, -0.05) is 0 Å². The molecular formula is C64H74FeO3P5. The van der Waals surface area contributed by atoms with E-state index in [-0.39, 0.29) is 9.11 Å². The maximum absolute atomic E-state index is 7.98. The molecule has 0 aromatic heterocycles. The van der Waals surface area contributed by atoms with Crippen molar-refractivity contribution in [2.45, 2.75) is 68.4 Å². The van der Waals surface area contributed by atoms with Crippen molar-refractivity contribution < 1.29 is 27.0 Å². The normalized spacial score (nSPS) is 13.1. The van der Waals surface area contributed by atoms with Crippen LogP contribution in [0.15, 0.2) is 243 Å². The summed E-state index contributed by atoms with van der Waals surface area (Å²) in [7, 11) is -3.87. The molecule has 8 aromatic rings. The van der Waals surface area contributed by atoms with E-state index in [1.165, 1.54) is 42.4 Å². The Morgan fingerprint density at radius 2 is 0.521 bits per heavy atom. The van der Waals surface area contributed by atoms with Gasteiger partial charge in [0.05, 0.1) is 0 Å². The third-order valence-electron chi connectivity index (χ3n) is 12.7. The van der Waals surface area contributed by atoms with Crippen LogP contribution in [0.25, 0.3) is 0 Å². The van der Waals surface area contributed by atoms with Gasteiger partial charge in [-0.25, -0.2) is 0 Å². The topological polar surface area (TPSA) is 27.7 Å². The Hall–Kier alpha value is -3.69. The van der Waals surface area contributed by atoms with Crippen molar-refractivity contribution in [1.82, 2.24) is 0 Å². The number of rotatable bonds is 29. The van der Waals surface area contributed by atoms with Gasteiger partial charge in [0.1, 0.15) is 0 Å². The Morgan fingerprint density at radius 3 is 0.726 bits per heavy atom. The first kappa shape index (κ1) is 55.5. The summed E-state index contributed by atoms with van der Waals surface area (Å²) in [5.41, 5.74) is 0. The first-order valence-electron chi connectivity index (χ1n) is 26.2. The molecule has 0 bridgehead atoms. The minimum atomic E-state index is -3.72. The van der Waals surface area contributed by atoms with E-state index in [9.17, 15) is 0 Å². The molecule has 0 radical (unpaired) electrons. The van der Waals surface area contributed by atoms with Crippen LogP contribution in [0.4, 0.5) is 0 Å². The van der Waals surface area contributed by atoms with Gasteiger partial charge in [-0.05, 0) is 0 Å². The average molecular weight is 1100 g/mol. The van der Waals surface area contributed by atoms with Gasteiger partial charge in [-0.3, -0.25) is 0 Å². The molecule has 0 saturated heterocycles. The van der Waals surface area contributed by atoms with Gasteiger partial charge in [0.2, 0.25) is 0 Å². The number of hydrogen-bond donors (Lipinski definition) is 0. The van der Waals surface area contributed by atoms with Crippen LogP contribution in [-0.4, -0.2) is 41.3 Å². The predicted molar refractivity (Wildman–Crippen MR) is 324 cm³/mol. The molecule has 8 aromatic carbocycles. The molecule has 0 amide bonds. The zero-order chi connectivity index (χ0) is 50.3. The summed E-state index contributed by atoms with van der Waals surface area (Å²) in [6.45, 7) is 4.98. The van der Waals surface area contributed by atoms with E-state index in [1.807, 2.05) is 0 Å². The third-order valence-corrected chi connectivity index (χ3v) is 38.7. The second-order valence-electron chi connectivity index (χ2n) is 17.9. The van der Waals surface area contributed by atoms with Crippen molar-refractivity contribution in [2.24, 2.45) is 0 Å². The summed E-state index contributed by atoms with van der Waals surface area (Å²) in [6.07, 6.45) is 7.88. The van der Waals surface area contributed by atoms with Crippen LogP contribution in [0.3, 0.4) is 0 Å². The van der Waals surface area contributed by atoms with Gasteiger partial charge in [-0.15, -0.1) is 0 Å². The van der Waals surface area contributed by atoms with Crippen LogP contribution in [0.1, 0.15) is 59.3 Å². The molecule has 0 spiro atoms. The summed E-state index contributed by atoms with van der Waals surface area (Å²) < 4.78 is 24.2. The summed E-state index contributed by atoms with van der Waals surface area (Å²) in [6, 6.07) is 92.2. The van der Waals surface area contributed by atoms with Crippen LogP contribution in [0.2, 0.25) is 0 Å². The Kier molecular flexibility index (Phi) is 22.9. The molecule has 73 heavy (non-hydrogen) atoms. The van der Waals surface area contributed by atoms with Gasteiger partial charge in [-0.2, -0.15) is 0 Å². The van der Waals surface area contributed by atoms with Crippen LogP contribution in [0, 0.1) is 0 Å². The fourth-order valence-electron chi connectivity index (χ4n) is 8.98. The van der Waals surface area contributed by atoms with Gasteiger partial charge < -0.3 is 0 Å². The minimum absolute atomic E-state index is 0.133. The van der Waals surface area contributed by atoms with Crippen LogP contribution in [0.5, 0.6) is 0 Å². The Balaban J connectivity index is 1.54. The fraction of sp³-hybridized carbons (Fsp3) is 0.250.